The standard InChI is InChI=1S/C48H50N8/c1-29-13-9-17-41(53(29)5)45-33-21-23-35(49-33)46(42-18-10-14-30(2)54(42)6)37-25-27-39(51-37)48(44-20-12-16-32(4)56(44)8)40-28-26-38(52-40)47(36-24-22-34(45)50-36)43-19-11-15-31(3)55(43)7/h9-28,41-44,49-50H,1-8H3. The highest BCUT2D eigenvalue weighted by molar-refractivity contribution is 5.85. The number of H-pyrrole nitrogens is 2. The number of hydrogen-bond acceptors (Lipinski definition) is 6. The van der Waals surface area contributed by atoms with Crippen LogP contribution >= 0.6 is 0 Å². The Morgan fingerprint density at radius 2 is 0.661 bits per heavy atom. The van der Waals surface area contributed by atoms with Crippen LogP contribution in [0.25, 0.3) is 46.4 Å². The first-order chi connectivity index (χ1) is 27.1. The van der Waals surface area contributed by atoms with Crippen molar-refractivity contribution in [2.24, 2.45) is 0 Å². The molecule has 0 saturated heterocycles. The van der Waals surface area contributed by atoms with E-state index >= 15 is 0 Å². The number of aromatic nitrogens is 4. The van der Waals surface area contributed by atoms with Crippen LogP contribution in [0.4, 0.5) is 0 Å². The maximum atomic E-state index is 5.54. The van der Waals surface area contributed by atoms with Crippen LogP contribution in [0.15, 0.2) is 120 Å². The topological polar surface area (TPSA) is 70.3 Å². The number of rotatable bonds is 4. The van der Waals surface area contributed by atoms with Crippen LogP contribution in [-0.2, 0) is 0 Å². The van der Waals surface area contributed by atoms with E-state index in [1.54, 1.807) is 0 Å². The molecule has 3 aromatic rings. The molecular formula is C48H50N8. The van der Waals surface area contributed by atoms with E-state index in [2.05, 4.69) is 207 Å². The fourth-order valence-corrected chi connectivity index (χ4v) is 8.76. The van der Waals surface area contributed by atoms with Gasteiger partial charge in [0.2, 0.25) is 0 Å². The van der Waals surface area contributed by atoms with Crippen molar-refractivity contribution in [3.8, 4) is 0 Å². The zero-order chi connectivity index (χ0) is 38.8. The third-order valence-electron chi connectivity index (χ3n) is 12.5. The third-order valence-corrected chi connectivity index (χ3v) is 12.5. The average Bonchev–Trinajstić information content (AvgIpc) is 4.03. The van der Waals surface area contributed by atoms with Crippen molar-refractivity contribution < 1.29 is 0 Å². The van der Waals surface area contributed by atoms with Gasteiger partial charge in [-0.2, -0.15) is 0 Å². The Hall–Kier alpha value is -6.28. The SMILES string of the molecule is CC1=CC=CC(c2c3nc(c(C4C=CC=C(C)N4C)c4ccc([nH]4)c(C4C=CC=C(C)N4C)c4ccc([nH]4)c(C4C=CC=C(C)N4C)c4nc2C=C4)C=C3)N1C. The molecule has 8 nitrogen and oxygen atoms in total. The van der Waals surface area contributed by atoms with Crippen LogP contribution in [0.3, 0.4) is 0 Å². The van der Waals surface area contributed by atoms with Crippen molar-refractivity contribution in [1.82, 2.24) is 39.5 Å². The van der Waals surface area contributed by atoms with E-state index in [-0.39, 0.29) is 24.2 Å². The number of likely N-dealkylation sites (N-methyl/N-ethyl adjacent to an activating group) is 4. The Labute approximate surface area is 330 Å². The average molecular weight is 739 g/mol. The van der Waals surface area contributed by atoms with Gasteiger partial charge in [-0.25, -0.2) is 9.97 Å². The highest BCUT2D eigenvalue weighted by Gasteiger charge is 2.30. The molecule has 0 spiro atoms. The Morgan fingerprint density at radius 1 is 0.393 bits per heavy atom. The van der Waals surface area contributed by atoms with Crippen molar-refractivity contribution >= 4 is 46.4 Å². The Kier molecular flexibility index (Phi) is 8.72. The van der Waals surface area contributed by atoms with Crippen LogP contribution in [0, 0.1) is 0 Å². The summed E-state index contributed by atoms with van der Waals surface area (Å²) in [5, 5.41) is 0. The zero-order valence-electron chi connectivity index (χ0n) is 33.5. The maximum absolute atomic E-state index is 5.54. The Morgan fingerprint density at radius 3 is 1.00 bits per heavy atom. The highest BCUT2D eigenvalue weighted by atomic mass is 15.2. The van der Waals surface area contributed by atoms with E-state index in [0.717, 1.165) is 61.5 Å². The second-order valence-corrected chi connectivity index (χ2v) is 15.7. The summed E-state index contributed by atoms with van der Waals surface area (Å²) in [6.07, 6.45) is 35.2. The minimum atomic E-state index is -0.0504. The molecule has 2 N–H and O–H groups in total. The number of nitrogens with one attached hydrogen (secondary N) is 2. The minimum Gasteiger partial charge on any atom is -0.367 e. The van der Waals surface area contributed by atoms with Gasteiger partial charge in [0.15, 0.2) is 0 Å². The van der Waals surface area contributed by atoms with Crippen molar-refractivity contribution in [2.45, 2.75) is 51.9 Å². The van der Waals surface area contributed by atoms with Gasteiger partial charge in [0.25, 0.3) is 0 Å². The molecule has 8 heteroatoms. The molecule has 6 aliphatic heterocycles. The number of hydrogen-bond donors (Lipinski definition) is 2. The highest BCUT2D eigenvalue weighted by Crippen LogP contribution is 2.41. The van der Waals surface area contributed by atoms with Crippen molar-refractivity contribution in [2.75, 3.05) is 28.2 Å². The first kappa shape index (κ1) is 35.4. The van der Waals surface area contributed by atoms with Crippen LogP contribution in [0.5, 0.6) is 0 Å². The lowest BCUT2D eigenvalue weighted by Crippen LogP contribution is -2.25. The molecule has 0 radical (unpaired) electrons. The van der Waals surface area contributed by atoms with Crippen LogP contribution in [0.1, 0.15) is 96.9 Å². The number of fused-ring (bicyclic) bond motifs is 8. The third kappa shape index (κ3) is 5.83. The summed E-state index contributed by atoms with van der Waals surface area (Å²) in [6.45, 7) is 8.67. The lowest BCUT2D eigenvalue weighted by molar-refractivity contribution is 0.354. The molecule has 0 aromatic carbocycles. The second kappa shape index (κ2) is 13.8. The fourth-order valence-electron chi connectivity index (χ4n) is 8.76. The van der Waals surface area contributed by atoms with Gasteiger partial charge in [0.1, 0.15) is 0 Å². The van der Waals surface area contributed by atoms with E-state index in [4.69, 9.17) is 9.97 Å². The first-order valence-corrected chi connectivity index (χ1v) is 19.6. The molecule has 282 valence electrons. The number of aromatic amines is 2. The predicted octanol–water partition coefficient (Wildman–Crippen LogP) is 10.4. The quantitative estimate of drug-likeness (QED) is 0.191. The predicted molar refractivity (Wildman–Crippen MR) is 232 cm³/mol. The minimum absolute atomic E-state index is 0.00357. The first-order valence-electron chi connectivity index (χ1n) is 19.6. The summed E-state index contributed by atoms with van der Waals surface area (Å²) in [4.78, 5) is 28.4. The van der Waals surface area contributed by atoms with Crippen molar-refractivity contribution in [1.29, 1.82) is 0 Å². The number of nitrogens with zero attached hydrogens (tertiary/aromatic N) is 6. The summed E-state index contributed by atoms with van der Waals surface area (Å²) < 4.78 is 0. The normalized spacial score (nSPS) is 22.9. The molecular weight excluding hydrogens is 689 g/mol. The van der Waals surface area contributed by atoms with E-state index in [1.807, 2.05) is 0 Å². The van der Waals surface area contributed by atoms with Gasteiger partial charge in [-0.3, -0.25) is 0 Å². The zero-order valence-corrected chi connectivity index (χ0v) is 33.5. The molecule has 0 saturated carbocycles. The summed E-state index contributed by atoms with van der Waals surface area (Å²) in [7, 11) is 8.68. The molecule has 0 fully saturated rings. The summed E-state index contributed by atoms with van der Waals surface area (Å²) in [5.74, 6) is 0. The molecule has 9 heterocycles. The van der Waals surface area contributed by atoms with E-state index < -0.39 is 0 Å². The lowest BCUT2D eigenvalue weighted by atomic mass is 9.98. The largest absolute Gasteiger partial charge is 0.367 e. The van der Waals surface area contributed by atoms with Gasteiger partial charge in [-0.15, -0.1) is 0 Å². The van der Waals surface area contributed by atoms with Gasteiger partial charge in [-0.1, -0.05) is 48.6 Å². The monoisotopic (exact) mass is 738 g/mol. The fraction of sp³-hybridized carbons (Fsp3) is 0.250. The molecule has 4 unspecified atom stereocenters. The maximum Gasteiger partial charge on any atom is 0.0765 e. The van der Waals surface area contributed by atoms with Crippen LogP contribution in [0.2, 0.25) is 0 Å². The Bertz CT molecular complexity index is 2490. The summed E-state index contributed by atoms with van der Waals surface area (Å²) >= 11 is 0. The molecule has 6 aliphatic rings. The van der Waals surface area contributed by atoms with E-state index in [0.29, 0.717) is 0 Å². The summed E-state index contributed by atoms with van der Waals surface area (Å²) in [5.41, 5.74) is 17.2. The second-order valence-electron chi connectivity index (χ2n) is 15.7. The van der Waals surface area contributed by atoms with Gasteiger partial charge in [0, 0.05) is 95.3 Å². The smallest absolute Gasteiger partial charge is 0.0765 e. The van der Waals surface area contributed by atoms with E-state index in [9.17, 15) is 0 Å². The van der Waals surface area contributed by atoms with E-state index in [1.165, 1.54) is 28.4 Å². The van der Waals surface area contributed by atoms with Crippen molar-refractivity contribution in [3.05, 3.63) is 165 Å². The number of allylic oxidation sites excluding steroid dienone is 12. The molecule has 0 aliphatic carbocycles. The van der Waals surface area contributed by atoms with Crippen LogP contribution < -0.4 is 0 Å². The molecule has 4 atom stereocenters. The molecule has 56 heavy (non-hydrogen) atoms. The molecule has 0 amide bonds. The molecule has 3 aromatic heterocycles. The Balaban J connectivity index is 1.43. The lowest BCUT2D eigenvalue weighted by Gasteiger charge is -2.32. The molecule has 8 bridgehead atoms. The van der Waals surface area contributed by atoms with Crippen LogP contribution in [-0.4, -0.2) is 67.7 Å². The van der Waals surface area contributed by atoms with Gasteiger partial charge >= 0.3 is 0 Å². The van der Waals surface area contributed by atoms with Gasteiger partial charge < -0.3 is 29.6 Å². The summed E-state index contributed by atoms with van der Waals surface area (Å²) in [6, 6.07) is 8.85. The molecule has 9 rings (SSSR count). The van der Waals surface area contributed by atoms with Gasteiger partial charge in [-0.05, 0) is 101 Å². The van der Waals surface area contributed by atoms with Crippen molar-refractivity contribution in [3.63, 3.8) is 0 Å². The van der Waals surface area contributed by atoms with Gasteiger partial charge in [0.05, 0.1) is 46.9 Å².